The molecule has 0 unspecified atom stereocenters. The second-order valence-corrected chi connectivity index (χ2v) is 6.65. The molecule has 1 heterocycles. The lowest BCUT2D eigenvalue weighted by atomic mass is 9.97. The largest absolute Gasteiger partial charge is 0.338 e. The molecule has 0 spiro atoms. The highest BCUT2D eigenvalue weighted by atomic mass is 16.2. The SMILES string of the molecule is CCCN1CCC(CNC(=O)Nc2cccc3ccccc23)CC1. The molecule has 0 bridgehead atoms. The molecule has 2 amide bonds. The first-order chi connectivity index (χ1) is 11.8. The van der Waals surface area contributed by atoms with Gasteiger partial charge in [0.15, 0.2) is 0 Å². The Hall–Kier alpha value is -2.07. The molecule has 2 aromatic carbocycles. The number of carbonyl (C=O) groups is 1. The van der Waals surface area contributed by atoms with E-state index in [-0.39, 0.29) is 6.03 Å². The van der Waals surface area contributed by atoms with Crippen molar-refractivity contribution in [2.24, 2.45) is 5.92 Å². The van der Waals surface area contributed by atoms with Crippen molar-refractivity contribution >= 4 is 22.5 Å². The summed E-state index contributed by atoms with van der Waals surface area (Å²) in [5, 5.41) is 8.25. The maximum Gasteiger partial charge on any atom is 0.319 e. The van der Waals surface area contributed by atoms with E-state index in [0.29, 0.717) is 5.92 Å². The first-order valence-electron chi connectivity index (χ1n) is 9.01. The van der Waals surface area contributed by atoms with Crippen molar-refractivity contribution in [2.45, 2.75) is 26.2 Å². The third kappa shape index (κ3) is 4.26. The number of hydrogen-bond acceptors (Lipinski definition) is 2. The van der Waals surface area contributed by atoms with Gasteiger partial charge in [-0.25, -0.2) is 4.79 Å². The van der Waals surface area contributed by atoms with Crippen LogP contribution in [0.4, 0.5) is 10.5 Å². The number of hydrogen-bond donors (Lipinski definition) is 2. The number of benzene rings is 2. The van der Waals surface area contributed by atoms with Crippen LogP contribution >= 0.6 is 0 Å². The highest BCUT2D eigenvalue weighted by Crippen LogP contribution is 2.23. The van der Waals surface area contributed by atoms with Crippen molar-refractivity contribution in [3.63, 3.8) is 0 Å². The van der Waals surface area contributed by atoms with Crippen LogP contribution in [0.2, 0.25) is 0 Å². The highest BCUT2D eigenvalue weighted by molar-refractivity contribution is 6.01. The van der Waals surface area contributed by atoms with Crippen LogP contribution in [0, 0.1) is 5.92 Å². The summed E-state index contributed by atoms with van der Waals surface area (Å²) in [5.74, 6) is 0.594. The molecule has 3 rings (SSSR count). The molecule has 0 radical (unpaired) electrons. The Bertz CT molecular complexity index is 672. The maximum absolute atomic E-state index is 12.2. The van der Waals surface area contributed by atoms with Crippen molar-refractivity contribution in [1.82, 2.24) is 10.2 Å². The molecule has 2 aromatic rings. The molecule has 1 saturated heterocycles. The van der Waals surface area contributed by atoms with E-state index in [1.165, 1.54) is 25.8 Å². The van der Waals surface area contributed by atoms with Crippen LogP contribution in [-0.4, -0.2) is 37.1 Å². The standard InChI is InChI=1S/C20H27N3O/c1-2-12-23-13-10-16(11-14-23)15-21-20(24)22-19-9-5-7-17-6-3-4-8-18(17)19/h3-9,16H,2,10-15H2,1H3,(H2,21,22,24). The zero-order valence-corrected chi connectivity index (χ0v) is 14.4. The van der Waals surface area contributed by atoms with Gasteiger partial charge in [-0.3, -0.25) is 0 Å². The third-order valence-electron chi connectivity index (χ3n) is 4.84. The fourth-order valence-corrected chi connectivity index (χ4v) is 3.47. The minimum Gasteiger partial charge on any atom is -0.338 e. The van der Waals surface area contributed by atoms with Gasteiger partial charge in [-0.15, -0.1) is 0 Å². The lowest BCUT2D eigenvalue weighted by Gasteiger charge is -2.31. The summed E-state index contributed by atoms with van der Waals surface area (Å²) in [4.78, 5) is 14.8. The van der Waals surface area contributed by atoms with E-state index in [0.717, 1.165) is 36.1 Å². The lowest BCUT2D eigenvalue weighted by Crippen LogP contribution is -2.40. The first-order valence-corrected chi connectivity index (χ1v) is 9.01. The van der Waals surface area contributed by atoms with E-state index in [2.05, 4.69) is 34.6 Å². The molecule has 0 saturated carbocycles. The average Bonchev–Trinajstić information content (AvgIpc) is 2.62. The van der Waals surface area contributed by atoms with Gasteiger partial charge >= 0.3 is 6.03 Å². The molecule has 1 fully saturated rings. The van der Waals surface area contributed by atoms with E-state index in [1.807, 2.05) is 30.3 Å². The molecule has 2 N–H and O–H groups in total. The Labute approximate surface area is 144 Å². The van der Waals surface area contributed by atoms with Crippen molar-refractivity contribution in [1.29, 1.82) is 0 Å². The van der Waals surface area contributed by atoms with Gasteiger partial charge in [0.25, 0.3) is 0 Å². The fraction of sp³-hybridized carbons (Fsp3) is 0.450. The normalized spacial score (nSPS) is 16.2. The average molecular weight is 325 g/mol. The van der Waals surface area contributed by atoms with Gasteiger partial charge in [0, 0.05) is 11.9 Å². The predicted octanol–water partition coefficient (Wildman–Crippen LogP) is 4.08. The van der Waals surface area contributed by atoms with E-state index in [4.69, 9.17) is 0 Å². The van der Waals surface area contributed by atoms with Crippen LogP contribution in [0.5, 0.6) is 0 Å². The van der Waals surface area contributed by atoms with Crippen LogP contribution in [0.1, 0.15) is 26.2 Å². The molecule has 1 aliphatic heterocycles. The summed E-state index contributed by atoms with van der Waals surface area (Å²) in [5.41, 5.74) is 0.864. The second-order valence-electron chi connectivity index (χ2n) is 6.65. The molecule has 128 valence electrons. The molecule has 1 aliphatic rings. The number of piperidine rings is 1. The minimum atomic E-state index is -0.109. The number of amides is 2. The highest BCUT2D eigenvalue weighted by Gasteiger charge is 2.19. The third-order valence-corrected chi connectivity index (χ3v) is 4.84. The number of carbonyl (C=O) groups excluding carboxylic acids is 1. The van der Waals surface area contributed by atoms with Crippen LogP contribution in [0.15, 0.2) is 42.5 Å². The molecule has 4 heteroatoms. The fourth-order valence-electron chi connectivity index (χ4n) is 3.47. The van der Waals surface area contributed by atoms with Gasteiger partial charge in [0.2, 0.25) is 0 Å². The second kappa shape index (κ2) is 8.15. The van der Waals surface area contributed by atoms with Crippen molar-refractivity contribution < 1.29 is 4.79 Å². The van der Waals surface area contributed by atoms with Gasteiger partial charge in [-0.05, 0) is 56.3 Å². The molecular weight excluding hydrogens is 298 g/mol. The lowest BCUT2D eigenvalue weighted by molar-refractivity contribution is 0.182. The summed E-state index contributed by atoms with van der Waals surface area (Å²) in [7, 11) is 0. The summed E-state index contributed by atoms with van der Waals surface area (Å²) in [6.07, 6.45) is 3.57. The summed E-state index contributed by atoms with van der Waals surface area (Å²) < 4.78 is 0. The Morgan fingerprint density at radius 2 is 1.88 bits per heavy atom. The van der Waals surface area contributed by atoms with E-state index in [9.17, 15) is 4.79 Å². The van der Waals surface area contributed by atoms with Crippen molar-refractivity contribution in [3.8, 4) is 0 Å². The Balaban J connectivity index is 1.49. The summed E-state index contributed by atoms with van der Waals surface area (Å²) in [6.45, 7) is 6.50. The smallest absolute Gasteiger partial charge is 0.319 e. The first kappa shape index (κ1) is 16.8. The Morgan fingerprint density at radius 1 is 1.12 bits per heavy atom. The van der Waals surface area contributed by atoms with E-state index >= 15 is 0 Å². The summed E-state index contributed by atoms with van der Waals surface area (Å²) >= 11 is 0. The van der Waals surface area contributed by atoms with Crippen molar-refractivity contribution in [3.05, 3.63) is 42.5 Å². The van der Waals surface area contributed by atoms with Gasteiger partial charge in [0.05, 0.1) is 5.69 Å². The van der Waals surface area contributed by atoms with Crippen LogP contribution < -0.4 is 10.6 Å². The van der Waals surface area contributed by atoms with E-state index < -0.39 is 0 Å². The zero-order chi connectivity index (χ0) is 16.8. The van der Waals surface area contributed by atoms with Crippen LogP contribution in [0.25, 0.3) is 10.8 Å². The van der Waals surface area contributed by atoms with Gasteiger partial charge in [-0.1, -0.05) is 43.3 Å². The number of nitrogens with zero attached hydrogens (tertiary/aromatic N) is 1. The van der Waals surface area contributed by atoms with Gasteiger partial charge < -0.3 is 15.5 Å². The van der Waals surface area contributed by atoms with Crippen molar-refractivity contribution in [2.75, 3.05) is 31.5 Å². The van der Waals surface area contributed by atoms with Crippen LogP contribution in [0.3, 0.4) is 0 Å². The maximum atomic E-state index is 12.2. The quantitative estimate of drug-likeness (QED) is 0.870. The Kier molecular flexibility index (Phi) is 5.70. The molecule has 0 aliphatic carbocycles. The van der Waals surface area contributed by atoms with Gasteiger partial charge in [-0.2, -0.15) is 0 Å². The Morgan fingerprint density at radius 3 is 2.67 bits per heavy atom. The monoisotopic (exact) mass is 325 g/mol. The predicted molar refractivity (Wildman–Crippen MR) is 100 cm³/mol. The van der Waals surface area contributed by atoms with Crippen LogP contribution in [-0.2, 0) is 0 Å². The summed E-state index contributed by atoms with van der Waals surface area (Å²) in [6, 6.07) is 14.0. The molecule has 0 atom stereocenters. The number of anilines is 1. The number of urea groups is 1. The number of likely N-dealkylation sites (tertiary alicyclic amines) is 1. The number of nitrogens with one attached hydrogen (secondary N) is 2. The molecular formula is C20H27N3O. The number of fused-ring (bicyclic) bond motifs is 1. The molecule has 4 nitrogen and oxygen atoms in total. The van der Waals surface area contributed by atoms with E-state index in [1.54, 1.807) is 0 Å². The van der Waals surface area contributed by atoms with Gasteiger partial charge in [0.1, 0.15) is 0 Å². The number of rotatable bonds is 5. The topological polar surface area (TPSA) is 44.4 Å². The molecule has 24 heavy (non-hydrogen) atoms. The molecule has 0 aromatic heterocycles. The zero-order valence-electron chi connectivity index (χ0n) is 14.4. The minimum absolute atomic E-state index is 0.109.